The van der Waals surface area contributed by atoms with E-state index in [2.05, 4.69) is 32.4 Å². The first kappa shape index (κ1) is 19.5. The zero-order valence-corrected chi connectivity index (χ0v) is 16.1. The lowest BCUT2D eigenvalue weighted by atomic mass is 10.3. The first-order valence-electron chi connectivity index (χ1n) is 8.73. The maximum absolute atomic E-state index is 5.37. The fourth-order valence-electron chi connectivity index (χ4n) is 2.37. The number of ether oxygens (including phenoxy) is 1. The van der Waals surface area contributed by atoms with Crippen LogP contribution in [0, 0.1) is 0 Å². The number of nitrogens with one attached hydrogen (secondary N) is 2. The van der Waals surface area contributed by atoms with Crippen LogP contribution in [0.15, 0.2) is 20.9 Å². The highest BCUT2D eigenvalue weighted by Crippen LogP contribution is 2.20. The molecule has 136 valence electrons. The van der Waals surface area contributed by atoms with E-state index in [4.69, 9.17) is 4.74 Å². The average molecular weight is 372 g/mol. The summed E-state index contributed by atoms with van der Waals surface area (Å²) in [4.78, 5) is 11.4. The van der Waals surface area contributed by atoms with E-state index < -0.39 is 0 Å². The molecule has 1 fully saturated rings. The van der Waals surface area contributed by atoms with E-state index >= 15 is 0 Å². The van der Waals surface area contributed by atoms with Crippen molar-refractivity contribution in [1.29, 1.82) is 0 Å². The molecule has 6 nitrogen and oxygen atoms in total. The third-order valence-electron chi connectivity index (χ3n) is 3.60. The molecule has 0 radical (unpaired) electrons. The van der Waals surface area contributed by atoms with E-state index in [-0.39, 0.29) is 0 Å². The zero-order valence-electron chi connectivity index (χ0n) is 14.5. The van der Waals surface area contributed by atoms with Crippen molar-refractivity contribution in [3.63, 3.8) is 0 Å². The smallest absolute Gasteiger partial charge is 0.191 e. The lowest BCUT2D eigenvalue weighted by molar-refractivity contribution is 0.0376. The molecular formula is C16H29N5OS2. The Kier molecular flexibility index (Phi) is 10.2. The van der Waals surface area contributed by atoms with Crippen LogP contribution < -0.4 is 10.6 Å². The molecule has 2 rings (SSSR count). The van der Waals surface area contributed by atoms with E-state index in [9.17, 15) is 0 Å². The number of thioether (sulfide) groups is 1. The summed E-state index contributed by atoms with van der Waals surface area (Å²) in [6.07, 6.45) is 4.05. The molecule has 1 saturated heterocycles. The van der Waals surface area contributed by atoms with E-state index in [0.717, 1.165) is 81.4 Å². The van der Waals surface area contributed by atoms with Crippen LogP contribution in [0.25, 0.3) is 0 Å². The molecule has 0 amide bonds. The second-order valence-corrected chi connectivity index (χ2v) is 7.73. The molecular weight excluding hydrogens is 342 g/mol. The van der Waals surface area contributed by atoms with Gasteiger partial charge in [-0.15, -0.1) is 11.3 Å². The van der Waals surface area contributed by atoms with Gasteiger partial charge in [0.15, 0.2) is 5.96 Å². The summed E-state index contributed by atoms with van der Waals surface area (Å²) < 4.78 is 6.52. The van der Waals surface area contributed by atoms with Gasteiger partial charge in [-0.25, -0.2) is 4.98 Å². The minimum atomic E-state index is 0.844. The monoisotopic (exact) mass is 371 g/mol. The van der Waals surface area contributed by atoms with Crippen molar-refractivity contribution in [3.8, 4) is 0 Å². The third kappa shape index (κ3) is 8.32. The maximum Gasteiger partial charge on any atom is 0.191 e. The molecule has 8 heteroatoms. The Morgan fingerprint density at radius 1 is 1.38 bits per heavy atom. The Hall–Kier alpha value is -0.830. The average Bonchev–Trinajstić information content (AvgIpc) is 3.12. The number of thiazole rings is 1. The minimum Gasteiger partial charge on any atom is -0.379 e. The van der Waals surface area contributed by atoms with Gasteiger partial charge in [-0.2, -0.15) is 0 Å². The van der Waals surface area contributed by atoms with Gasteiger partial charge >= 0.3 is 0 Å². The van der Waals surface area contributed by atoms with E-state index in [1.54, 1.807) is 11.3 Å². The van der Waals surface area contributed by atoms with Crippen LogP contribution in [0.3, 0.4) is 0 Å². The second-order valence-electron chi connectivity index (χ2n) is 5.50. The van der Waals surface area contributed by atoms with Gasteiger partial charge in [0.25, 0.3) is 0 Å². The molecule has 0 unspecified atom stereocenters. The number of morpholine rings is 1. The second kappa shape index (κ2) is 12.5. The van der Waals surface area contributed by atoms with Crippen molar-refractivity contribution in [2.75, 3.05) is 58.2 Å². The molecule has 24 heavy (non-hydrogen) atoms. The van der Waals surface area contributed by atoms with Crippen LogP contribution >= 0.6 is 23.1 Å². The summed E-state index contributed by atoms with van der Waals surface area (Å²) in [5.74, 6) is 1.99. The Bertz CT molecular complexity index is 449. The molecule has 1 aromatic heterocycles. The molecule has 0 aliphatic carbocycles. The number of hydrogen-bond donors (Lipinski definition) is 2. The third-order valence-corrected chi connectivity index (χ3v) is 5.65. The highest BCUT2D eigenvalue weighted by molar-refractivity contribution is 8.00. The predicted octanol–water partition coefficient (Wildman–Crippen LogP) is 1.90. The quantitative estimate of drug-likeness (QED) is 0.283. The van der Waals surface area contributed by atoms with E-state index in [0.29, 0.717) is 0 Å². The van der Waals surface area contributed by atoms with Crippen molar-refractivity contribution < 1.29 is 4.74 Å². The molecule has 1 aliphatic heterocycles. The lowest BCUT2D eigenvalue weighted by Gasteiger charge is -2.26. The molecule has 0 bridgehead atoms. The standard InChI is InChI=1S/C16H29N5OS2/c1-2-17-15(18-5-3-8-21-9-11-22-12-10-21)19-6-4-13-23-16-20-7-14-24-16/h7,14H,2-6,8-13H2,1H3,(H2,17,18,19). The van der Waals surface area contributed by atoms with Gasteiger partial charge in [0.05, 0.1) is 13.2 Å². The number of aliphatic imine (C=N–C) groups is 1. The van der Waals surface area contributed by atoms with Crippen LogP contribution in [-0.2, 0) is 4.74 Å². The molecule has 1 aliphatic rings. The predicted molar refractivity (Wildman–Crippen MR) is 103 cm³/mol. The summed E-state index contributed by atoms with van der Waals surface area (Å²) in [6, 6.07) is 0. The first-order valence-corrected chi connectivity index (χ1v) is 10.6. The topological polar surface area (TPSA) is 61.8 Å². The minimum absolute atomic E-state index is 0.844. The normalized spacial score (nSPS) is 16.3. The summed E-state index contributed by atoms with van der Waals surface area (Å²) >= 11 is 3.51. The number of aromatic nitrogens is 1. The molecule has 0 saturated carbocycles. The van der Waals surface area contributed by atoms with Crippen LogP contribution in [0.4, 0.5) is 0 Å². The Labute approximate surface area is 153 Å². The fraction of sp³-hybridized carbons (Fsp3) is 0.750. The Morgan fingerprint density at radius 2 is 2.25 bits per heavy atom. The van der Waals surface area contributed by atoms with Crippen LogP contribution in [0.5, 0.6) is 0 Å². The summed E-state index contributed by atoms with van der Waals surface area (Å²) in [5, 5.41) is 8.76. The van der Waals surface area contributed by atoms with Crippen molar-refractivity contribution in [2.24, 2.45) is 4.99 Å². The van der Waals surface area contributed by atoms with Crippen molar-refractivity contribution in [1.82, 2.24) is 20.5 Å². The van der Waals surface area contributed by atoms with Crippen LogP contribution in [-0.4, -0.2) is 74.1 Å². The van der Waals surface area contributed by atoms with Gasteiger partial charge in [-0.05, 0) is 26.3 Å². The van der Waals surface area contributed by atoms with E-state index in [1.807, 2.05) is 23.3 Å². The van der Waals surface area contributed by atoms with Gasteiger partial charge in [0, 0.05) is 50.1 Å². The van der Waals surface area contributed by atoms with Crippen molar-refractivity contribution in [2.45, 2.75) is 24.1 Å². The van der Waals surface area contributed by atoms with Gasteiger partial charge in [-0.1, -0.05) is 11.8 Å². The number of nitrogens with zero attached hydrogens (tertiary/aromatic N) is 3. The number of rotatable bonds is 10. The van der Waals surface area contributed by atoms with Gasteiger partial charge < -0.3 is 15.4 Å². The first-order chi connectivity index (χ1) is 11.9. The van der Waals surface area contributed by atoms with Crippen LogP contribution in [0.2, 0.25) is 0 Å². The zero-order chi connectivity index (χ0) is 16.9. The highest BCUT2D eigenvalue weighted by Gasteiger charge is 2.09. The van der Waals surface area contributed by atoms with Gasteiger partial charge in [-0.3, -0.25) is 9.89 Å². The Morgan fingerprint density at radius 3 is 3.00 bits per heavy atom. The summed E-state index contributed by atoms with van der Waals surface area (Å²) in [6.45, 7) is 9.78. The molecule has 2 heterocycles. The molecule has 0 spiro atoms. The number of hydrogen-bond acceptors (Lipinski definition) is 6. The fourth-order valence-corrected chi connectivity index (χ4v) is 4.00. The van der Waals surface area contributed by atoms with E-state index in [1.165, 1.54) is 0 Å². The number of guanidine groups is 1. The Balaban J connectivity index is 1.55. The van der Waals surface area contributed by atoms with Gasteiger partial charge in [0.1, 0.15) is 4.34 Å². The maximum atomic E-state index is 5.37. The van der Waals surface area contributed by atoms with Gasteiger partial charge in [0.2, 0.25) is 0 Å². The highest BCUT2D eigenvalue weighted by atomic mass is 32.2. The molecule has 0 aromatic carbocycles. The van der Waals surface area contributed by atoms with Crippen molar-refractivity contribution in [3.05, 3.63) is 11.6 Å². The summed E-state index contributed by atoms with van der Waals surface area (Å²) in [7, 11) is 0. The van der Waals surface area contributed by atoms with Crippen LogP contribution in [0.1, 0.15) is 19.8 Å². The molecule has 0 atom stereocenters. The SMILES string of the molecule is CCNC(=NCCCSc1nccs1)NCCCN1CCOCC1. The lowest BCUT2D eigenvalue weighted by Crippen LogP contribution is -2.40. The molecule has 1 aromatic rings. The molecule has 2 N–H and O–H groups in total. The summed E-state index contributed by atoms with van der Waals surface area (Å²) in [5.41, 5.74) is 0. The van der Waals surface area contributed by atoms with Crippen molar-refractivity contribution >= 4 is 29.1 Å². The largest absolute Gasteiger partial charge is 0.379 e.